The molecule has 6 heteroatoms. The fraction of sp³-hybridized carbons (Fsp3) is 0.875. The molecule has 3 N–H and O–H groups in total. The summed E-state index contributed by atoms with van der Waals surface area (Å²) in [5.74, 6) is -0.661. The van der Waals surface area contributed by atoms with E-state index >= 15 is 0 Å². The van der Waals surface area contributed by atoms with Gasteiger partial charge in [-0.3, -0.25) is 9.28 Å². The highest BCUT2D eigenvalue weighted by molar-refractivity contribution is 5.75. The molecule has 14 heavy (non-hydrogen) atoms. The van der Waals surface area contributed by atoms with Gasteiger partial charge in [-0.05, 0) is 0 Å². The lowest BCUT2D eigenvalue weighted by Gasteiger charge is -2.25. The molecular weight excluding hydrogens is 191 g/mol. The van der Waals surface area contributed by atoms with Crippen molar-refractivity contribution in [3.05, 3.63) is 0 Å². The van der Waals surface area contributed by atoms with Gasteiger partial charge < -0.3 is 15.6 Å². The van der Waals surface area contributed by atoms with Crippen molar-refractivity contribution >= 4 is 5.97 Å². The molecule has 1 atom stereocenters. The number of carbonyl (C=O) groups is 1. The van der Waals surface area contributed by atoms with E-state index in [4.69, 9.17) is 15.6 Å². The van der Waals surface area contributed by atoms with Gasteiger partial charge in [0.05, 0.1) is 20.7 Å². The number of carbonyl (C=O) groups excluding carboxylic acids is 1. The quantitative estimate of drug-likeness (QED) is 0.329. The fourth-order valence-electron chi connectivity index (χ4n) is 0.635. The van der Waals surface area contributed by atoms with Gasteiger partial charge in [-0.1, -0.05) is 0 Å². The Balaban J connectivity index is 3.69. The van der Waals surface area contributed by atoms with Gasteiger partial charge >= 0.3 is 5.97 Å². The van der Waals surface area contributed by atoms with Crippen molar-refractivity contribution in [1.29, 1.82) is 0 Å². The van der Waals surface area contributed by atoms with Crippen molar-refractivity contribution in [3.63, 3.8) is 0 Å². The van der Waals surface area contributed by atoms with E-state index < -0.39 is 25.4 Å². The van der Waals surface area contributed by atoms with Crippen molar-refractivity contribution < 1.29 is 23.5 Å². The van der Waals surface area contributed by atoms with Crippen molar-refractivity contribution in [3.8, 4) is 0 Å². The number of esters is 1. The van der Waals surface area contributed by atoms with Crippen molar-refractivity contribution in [2.45, 2.75) is 6.04 Å². The number of likely N-dealkylation sites (N-methyl/N-ethyl adjacent to an activating group) is 1. The van der Waals surface area contributed by atoms with E-state index in [-0.39, 0.29) is 11.1 Å². The molecule has 0 aromatic carbocycles. The summed E-state index contributed by atoms with van der Waals surface area (Å²) >= 11 is 0. The van der Waals surface area contributed by atoms with Crippen LogP contribution in [0.25, 0.3) is 0 Å². The molecule has 0 aliphatic heterocycles. The minimum Gasteiger partial charge on any atom is -0.458 e. The standard InChI is InChI=1S/C8H18FN2O3/c1-11(2,6-9)3-4-14-8(13)7(10)5-12/h7,12H,3-6,10H2,1-2H3/q+1. The third kappa shape index (κ3) is 5.11. The zero-order valence-corrected chi connectivity index (χ0v) is 8.57. The minimum atomic E-state index is -1.00. The summed E-state index contributed by atoms with van der Waals surface area (Å²) < 4.78 is 17.1. The third-order valence-corrected chi connectivity index (χ3v) is 1.76. The first-order valence-corrected chi connectivity index (χ1v) is 4.34. The van der Waals surface area contributed by atoms with Crippen LogP contribution in [-0.4, -0.2) is 62.3 Å². The smallest absolute Gasteiger partial charge is 0.325 e. The average Bonchev–Trinajstić information content (AvgIpc) is 2.16. The maximum absolute atomic E-state index is 12.3. The zero-order valence-electron chi connectivity index (χ0n) is 8.57. The van der Waals surface area contributed by atoms with Crippen LogP contribution < -0.4 is 5.73 Å². The molecule has 0 aliphatic carbocycles. The normalized spacial score (nSPS) is 13.8. The molecule has 0 saturated carbocycles. The molecule has 84 valence electrons. The Kier molecular flexibility index (Phi) is 5.59. The SMILES string of the molecule is C[N+](C)(CF)CCOC(=O)C(N)CO. The average molecular weight is 209 g/mol. The lowest BCUT2D eigenvalue weighted by Crippen LogP contribution is -2.43. The second kappa shape index (κ2) is 5.90. The van der Waals surface area contributed by atoms with E-state index in [1.54, 1.807) is 14.1 Å². The van der Waals surface area contributed by atoms with Gasteiger partial charge in [-0.25, -0.2) is 0 Å². The van der Waals surface area contributed by atoms with Gasteiger partial charge in [0.1, 0.15) is 19.2 Å². The molecule has 0 radical (unpaired) electrons. The summed E-state index contributed by atoms with van der Waals surface area (Å²) in [5, 5.41) is 8.52. The second-order valence-corrected chi connectivity index (χ2v) is 3.74. The van der Waals surface area contributed by atoms with E-state index in [0.717, 1.165) is 0 Å². The largest absolute Gasteiger partial charge is 0.458 e. The predicted molar refractivity (Wildman–Crippen MR) is 49.0 cm³/mol. The van der Waals surface area contributed by atoms with Gasteiger partial charge in [0.25, 0.3) is 0 Å². The van der Waals surface area contributed by atoms with Crippen LogP contribution in [-0.2, 0) is 9.53 Å². The second-order valence-electron chi connectivity index (χ2n) is 3.74. The number of aliphatic hydroxyl groups is 1. The zero-order chi connectivity index (χ0) is 11.2. The van der Waals surface area contributed by atoms with E-state index in [0.29, 0.717) is 6.54 Å². The summed E-state index contributed by atoms with van der Waals surface area (Å²) in [4.78, 5) is 10.9. The number of halogens is 1. The first-order valence-electron chi connectivity index (χ1n) is 4.34. The molecule has 5 nitrogen and oxygen atoms in total. The van der Waals surface area contributed by atoms with Crippen LogP contribution in [0, 0.1) is 0 Å². The number of nitrogens with two attached hydrogens (primary N) is 1. The Morgan fingerprint density at radius 1 is 1.64 bits per heavy atom. The lowest BCUT2D eigenvalue weighted by atomic mass is 10.3. The summed E-state index contributed by atoms with van der Waals surface area (Å²) in [6.45, 7) is -0.492. The molecule has 0 spiro atoms. The highest BCUT2D eigenvalue weighted by Gasteiger charge is 2.17. The molecule has 0 fully saturated rings. The number of alkyl halides is 1. The Morgan fingerprint density at radius 3 is 2.64 bits per heavy atom. The monoisotopic (exact) mass is 209 g/mol. The van der Waals surface area contributed by atoms with E-state index in [9.17, 15) is 9.18 Å². The molecule has 0 bridgehead atoms. The summed E-state index contributed by atoms with van der Waals surface area (Å²) in [6, 6.07) is -1.00. The van der Waals surface area contributed by atoms with Crippen LogP contribution in [0.2, 0.25) is 0 Å². The first-order chi connectivity index (χ1) is 6.43. The number of nitrogens with zero attached hydrogens (tertiary/aromatic N) is 1. The molecule has 0 amide bonds. The van der Waals surface area contributed by atoms with E-state index in [2.05, 4.69) is 0 Å². The number of quaternary nitrogens is 1. The first kappa shape index (κ1) is 13.3. The summed E-state index contributed by atoms with van der Waals surface area (Å²) in [5.41, 5.74) is 5.20. The molecule has 0 rings (SSSR count). The van der Waals surface area contributed by atoms with Crippen molar-refractivity contribution in [1.82, 2.24) is 0 Å². The number of aliphatic hydroxyl groups excluding tert-OH is 1. The maximum Gasteiger partial charge on any atom is 0.325 e. The van der Waals surface area contributed by atoms with Crippen LogP contribution in [0.4, 0.5) is 4.39 Å². The van der Waals surface area contributed by atoms with Crippen LogP contribution in [0.1, 0.15) is 0 Å². The minimum absolute atomic E-state index is 0.101. The fourth-order valence-corrected chi connectivity index (χ4v) is 0.635. The third-order valence-electron chi connectivity index (χ3n) is 1.76. The van der Waals surface area contributed by atoms with Gasteiger partial charge in [0, 0.05) is 0 Å². The van der Waals surface area contributed by atoms with E-state index in [1.807, 2.05) is 0 Å². The predicted octanol–water partition coefficient (Wildman–Crippen LogP) is -1.15. The Morgan fingerprint density at radius 2 is 2.21 bits per heavy atom. The highest BCUT2D eigenvalue weighted by Crippen LogP contribution is 1.97. The van der Waals surface area contributed by atoms with Gasteiger partial charge in [-0.2, -0.15) is 4.39 Å². The van der Waals surface area contributed by atoms with Crippen LogP contribution in [0.3, 0.4) is 0 Å². The van der Waals surface area contributed by atoms with Crippen LogP contribution in [0.15, 0.2) is 0 Å². The molecule has 1 unspecified atom stereocenters. The van der Waals surface area contributed by atoms with Crippen LogP contribution >= 0.6 is 0 Å². The summed E-state index contributed by atoms with van der Waals surface area (Å²) in [7, 11) is 3.36. The van der Waals surface area contributed by atoms with Crippen molar-refractivity contribution in [2.24, 2.45) is 5.73 Å². The number of hydrogen-bond donors (Lipinski definition) is 2. The number of ether oxygens (including phenoxy) is 1. The van der Waals surface area contributed by atoms with Gasteiger partial charge in [-0.15, -0.1) is 0 Å². The molecule has 0 heterocycles. The topological polar surface area (TPSA) is 72.5 Å². The molecular formula is C8H18FN2O3+. The maximum atomic E-state index is 12.3. The molecule has 0 saturated heterocycles. The summed E-state index contributed by atoms with van der Waals surface area (Å²) in [6.07, 6.45) is 0. The van der Waals surface area contributed by atoms with E-state index in [1.165, 1.54) is 0 Å². The van der Waals surface area contributed by atoms with Gasteiger partial charge in [0.2, 0.25) is 6.80 Å². The molecule has 0 aliphatic rings. The Hall–Kier alpha value is -0.720. The molecule has 0 aromatic rings. The Labute approximate surface area is 82.8 Å². The lowest BCUT2D eigenvalue weighted by molar-refractivity contribution is -0.902. The number of hydrogen-bond acceptors (Lipinski definition) is 4. The van der Waals surface area contributed by atoms with Gasteiger partial charge in [0.15, 0.2) is 0 Å². The highest BCUT2D eigenvalue weighted by atomic mass is 19.1. The Bertz CT molecular complexity index is 187. The van der Waals surface area contributed by atoms with Crippen LogP contribution in [0.5, 0.6) is 0 Å². The number of rotatable bonds is 6. The van der Waals surface area contributed by atoms with Crippen molar-refractivity contribution in [2.75, 3.05) is 40.7 Å². The molecule has 0 aromatic heterocycles.